The third kappa shape index (κ3) is 3.47. The number of methoxy groups -OCH3 is 1. The Bertz CT molecular complexity index is 415. The first-order valence-electron chi connectivity index (χ1n) is 7.21. The number of ether oxygens (including phenoxy) is 1. The van der Waals surface area contributed by atoms with Gasteiger partial charge in [0, 0.05) is 12.1 Å². The smallest absolute Gasteiger partial charge is 0.165 e. The van der Waals surface area contributed by atoms with E-state index in [0.717, 1.165) is 11.5 Å². The van der Waals surface area contributed by atoms with Crippen molar-refractivity contribution in [1.82, 2.24) is 5.32 Å². The van der Waals surface area contributed by atoms with Crippen LogP contribution in [-0.4, -0.2) is 13.2 Å². The second kappa shape index (κ2) is 6.38. The highest BCUT2D eigenvalue weighted by molar-refractivity contribution is 5.32. The number of hydrogen-bond donors (Lipinski definition) is 1. The van der Waals surface area contributed by atoms with E-state index in [1.165, 1.54) is 38.9 Å². The molecule has 2 atom stereocenters. The van der Waals surface area contributed by atoms with Gasteiger partial charge in [-0.2, -0.15) is 0 Å². The van der Waals surface area contributed by atoms with Gasteiger partial charge in [0.1, 0.15) is 0 Å². The molecule has 1 aliphatic rings. The zero-order valence-electron chi connectivity index (χ0n) is 12.1. The summed E-state index contributed by atoms with van der Waals surface area (Å²) in [6.45, 7) is 4.38. The molecule has 0 spiro atoms. The summed E-state index contributed by atoms with van der Waals surface area (Å²) in [6, 6.07) is 5.82. The Morgan fingerprint density at radius 3 is 2.58 bits per heavy atom. The van der Waals surface area contributed by atoms with E-state index >= 15 is 0 Å². The minimum absolute atomic E-state index is 0.213. The molecule has 19 heavy (non-hydrogen) atoms. The maximum absolute atomic E-state index is 13.4. The van der Waals surface area contributed by atoms with Crippen LogP contribution in [0.3, 0.4) is 0 Å². The summed E-state index contributed by atoms with van der Waals surface area (Å²) in [6.07, 6.45) is 5.37. The van der Waals surface area contributed by atoms with Crippen LogP contribution in [-0.2, 0) is 0 Å². The SMILES string of the molecule is COc1cc(C(C)N[C@@H](C)C2CCCC2)ccc1F. The zero-order chi connectivity index (χ0) is 13.8. The Hall–Kier alpha value is -1.09. The van der Waals surface area contributed by atoms with Crippen molar-refractivity contribution in [1.29, 1.82) is 0 Å². The van der Waals surface area contributed by atoms with E-state index in [-0.39, 0.29) is 11.9 Å². The molecule has 0 bridgehead atoms. The second-order valence-corrected chi connectivity index (χ2v) is 5.62. The Balaban J connectivity index is 2.00. The molecule has 0 aliphatic heterocycles. The number of benzene rings is 1. The first kappa shape index (κ1) is 14.3. The van der Waals surface area contributed by atoms with Crippen LogP contribution in [0.25, 0.3) is 0 Å². The first-order valence-corrected chi connectivity index (χ1v) is 7.21. The molecule has 0 heterocycles. The predicted molar refractivity (Wildman–Crippen MR) is 75.9 cm³/mol. The lowest BCUT2D eigenvalue weighted by Gasteiger charge is -2.25. The molecular formula is C16H24FNO. The summed E-state index contributed by atoms with van der Waals surface area (Å²) in [5, 5.41) is 3.63. The second-order valence-electron chi connectivity index (χ2n) is 5.62. The number of halogens is 1. The number of rotatable bonds is 5. The highest BCUT2D eigenvalue weighted by Gasteiger charge is 2.23. The van der Waals surface area contributed by atoms with Crippen LogP contribution in [0.1, 0.15) is 51.1 Å². The van der Waals surface area contributed by atoms with Crippen LogP contribution >= 0.6 is 0 Å². The van der Waals surface area contributed by atoms with Crippen molar-refractivity contribution >= 4 is 0 Å². The number of nitrogens with one attached hydrogen (secondary N) is 1. The van der Waals surface area contributed by atoms with Gasteiger partial charge < -0.3 is 10.1 Å². The lowest BCUT2D eigenvalue weighted by atomic mass is 9.98. The monoisotopic (exact) mass is 265 g/mol. The lowest BCUT2D eigenvalue weighted by Crippen LogP contribution is -2.34. The lowest BCUT2D eigenvalue weighted by molar-refractivity contribution is 0.350. The third-order valence-electron chi connectivity index (χ3n) is 4.30. The largest absolute Gasteiger partial charge is 0.494 e. The molecule has 1 aromatic carbocycles. The highest BCUT2D eigenvalue weighted by atomic mass is 19.1. The maximum Gasteiger partial charge on any atom is 0.165 e. The van der Waals surface area contributed by atoms with Crippen molar-refractivity contribution < 1.29 is 9.13 Å². The van der Waals surface area contributed by atoms with Crippen LogP contribution in [0, 0.1) is 11.7 Å². The molecule has 0 amide bonds. The Morgan fingerprint density at radius 1 is 1.26 bits per heavy atom. The molecule has 2 nitrogen and oxygen atoms in total. The van der Waals surface area contributed by atoms with Crippen LogP contribution in [0.5, 0.6) is 5.75 Å². The summed E-state index contributed by atoms with van der Waals surface area (Å²) < 4.78 is 18.4. The van der Waals surface area contributed by atoms with Gasteiger partial charge in [0.05, 0.1) is 7.11 Å². The van der Waals surface area contributed by atoms with Gasteiger partial charge in [-0.05, 0) is 50.3 Å². The topological polar surface area (TPSA) is 21.3 Å². The van der Waals surface area contributed by atoms with Crippen LogP contribution < -0.4 is 10.1 Å². The molecule has 1 unspecified atom stereocenters. The van der Waals surface area contributed by atoms with E-state index in [0.29, 0.717) is 11.8 Å². The fourth-order valence-corrected chi connectivity index (χ4v) is 3.03. The van der Waals surface area contributed by atoms with Gasteiger partial charge in [-0.3, -0.25) is 0 Å². The van der Waals surface area contributed by atoms with E-state index in [4.69, 9.17) is 4.74 Å². The normalized spacial score (nSPS) is 19.4. The quantitative estimate of drug-likeness (QED) is 0.866. The first-order chi connectivity index (χ1) is 9.11. The fourth-order valence-electron chi connectivity index (χ4n) is 3.03. The molecule has 1 aromatic rings. The van der Waals surface area contributed by atoms with E-state index in [1.54, 1.807) is 6.07 Å². The van der Waals surface area contributed by atoms with Gasteiger partial charge in [-0.25, -0.2) is 4.39 Å². The van der Waals surface area contributed by atoms with Crippen molar-refractivity contribution in [3.63, 3.8) is 0 Å². The van der Waals surface area contributed by atoms with Gasteiger partial charge in [0.15, 0.2) is 11.6 Å². The Morgan fingerprint density at radius 2 is 1.95 bits per heavy atom. The molecule has 1 fully saturated rings. The molecule has 0 radical (unpaired) electrons. The summed E-state index contributed by atoms with van der Waals surface area (Å²) in [5.74, 6) is 0.798. The summed E-state index contributed by atoms with van der Waals surface area (Å²) in [4.78, 5) is 0. The Labute approximate surface area is 115 Å². The summed E-state index contributed by atoms with van der Waals surface area (Å²) >= 11 is 0. The van der Waals surface area contributed by atoms with Crippen molar-refractivity contribution in [3.8, 4) is 5.75 Å². The molecule has 0 aromatic heterocycles. The maximum atomic E-state index is 13.4. The van der Waals surface area contributed by atoms with E-state index in [9.17, 15) is 4.39 Å². The molecule has 1 N–H and O–H groups in total. The highest BCUT2D eigenvalue weighted by Crippen LogP contribution is 2.29. The molecule has 3 heteroatoms. The molecule has 106 valence electrons. The molecule has 2 rings (SSSR count). The third-order valence-corrected chi connectivity index (χ3v) is 4.30. The van der Waals surface area contributed by atoms with E-state index in [2.05, 4.69) is 19.2 Å². The zero-order valence-corrected chi connectivity index (χ0v) is 12.1. The average Bonchev–Trinajstić information content (AvgIpc) is 2.93. The van der Waals surface area contributed by atoms with Gasteiger partial charge >= 0.3 is 0 Å². The van der Waals surface area contributed by atoms with Gasteiger partial charge in [0.2, 0.25) is 0 Å². The average molecular weight is 265 g/mol. The van der Waals surface area contributed by atoms with E-state index < -0.39 is 0 Å². The van der Waals surface area contributed by atoms with Crippen LogP contribution in [0.4, 0.5) is 4.39 Å². The van der Waals surface area contributed by atoms with Crippen molar-refractivity contribution in [2.24, 2.45) is 5.92 Å². The predicted octanol–water partition coefficient (Wildman–Crippen LogP) is 4.06. The fraction of sp³-hybridized carbons (Fsp3) is 0.625. The molecule has 0 saturated heterocycles. The van der Waals surface area contributed by atoms with E-state index in [1.807, 2.05) is 6.07 Å². The van der Waals surface area contributed by atoms with Gasteiger partial charge in [-0.15, -0.1) is 0 Å². The van der Waals surface area contributed by atoms with Crippen molar-refractivity contribution in [2.75, 3.05) is 7.11 Å². The van der Waals surface area contributed by atoms with Crippen molar-refractivity contribution in [2.45, 2.75) is 51.6 Å². The molecular weight excluding hydrogens is 241 g/mol. The Kier molecular flexibility index (Phi) is 4.81. The molecule has 1 aliphatic carbocycles. The minimum atomic E-state index is -0.303. The van der Waals surface area contributed by atoms with Gasteiger partial charge in [-0.1, -0.05) is 18.9 Å². The minimum Gasteiger partial charge on any atom is -0.494 e. The van der Waals surface area contributed by atoms with Crippen LogP contribution in [0.15, 0.2) is 18.2 Å². The van der Waals surface area contributed by atoms with Gasteiger partial charge in [0.25, 0.3) is 0 Å². The number of hydrogen-bond acceptors (Lipinski definition) is 2. The van der Waals surface area contributed by atoms with Crippen molar-refractivity contribution in [3.05, 3.63) is 29.6 Å². The summed E-state index contributed by atoms with van der Waals surface area (Å²) in [7, 11) is 1.50. The molecule has 1 saturated carbocycles. The standard InChI is InChI=1S/C16H24FNO/c1-11(13-6-4-5-7-13)18-12(2)14-8-9-15(17)16(10-14)19-3/h8-13,18H,4-7H2,1-3H3/t11-,12?/m0/s1. The summed E-state index contributed by atoms with van der Waals surface area (Å²) in [5.41, 5.74) is 1.07. The van der Waals surface area contributed by atoms with Crippen LogP contribution in [0.2, 0.25) is 0 Å².